The van der Waals surface area contributed by atoms with Gasteiger partial charge in [0.15, 0.2) is 0 Å². The number of hydrogen-bond donors (Lipinski definition) is 0. The van der Waals surface area contributed by atoms with Gasteiger partial charge < -0.3 is 18.6 Å². The van der Waals surface area contributed by atoms with E-state index in [-0.39, 0.29) is 34.5 Å². The Labute approximate surface area is 189 Å². The largest absolute Gasteiger partial charge is 0.462 e. The number of rotatable bonds is 6. The summed E-state index contributed by atoms with van der Waals surface area (Å²) in [5, 5.41) is 0.269. The third kappa shape index (κ3) is 4.93. The molecule has 166 valence electrons. The fourth-order valence-corrected chi connectivity index (χ4v) is 3.08. The molecule has 0 aliphatic carbocycles. The first kappa shape index (κ1) is 21.8. The van der Waals surface area contributed by atoms with Crippen molar-refractivity contribution < 1.29 is 28.2 Å². The van der Waals surface area contributed by atoms with Gasteiger partial charge in [0.05, 0.1) is 23.1 Å². The predicted octanol–water partition coefficient (Wildman–Crippen LogP) is 5.29. The summed E-state index contributed by atoms with van der Waals surface area (Å²) >= 11 is 0. The predicted molar refractivity (Wildman–Crippen MR) is 121 cm³/mol. The van der Waals surface area contributed by atoms with Crippen molar-refractivity contribution >= 4 is 22.9 Å². The molecule has 1 heterocycles. The van der Waals surface area contributed by atoms with E-state index in [0.717, 1.165) is 5.56 Å². The Hall–Kier alpha value is -4.39. The van der Waals surface area contributed by atoms with Crippen LogP contribution in [0.2, 0.25) is 0 Å². The van der Waals surface area contributed by atoms with Crippen LogP contribution in [0.5, 0.6) is 17.2 Å². The van der Waals surface area contributed by atoms with Gasteiger partial charge in [-0.1, -0.05) is 17.7 Å². The highest BCUT2D eigenvalue weighted by molar-refractivity contribution is 5.92. The highest BCUT2D eigenvalue weighted by Gasteiger charge is 2.13. The number of aryl methyl sites for hydroxylation is 1. The van der Waals surface area contributed by atoms with Crippen molar-refractivity contribution in [1.82, 2.24) is 0 Å². The van der Waals surface area contributed by atoms with E-state index in [2.05, 4.69) is 0 Å². The molecule has 0 bridgehead atoms. The summed E-state index contributed by atoms with van der Waals surface area (Å²) in [6, 6.07) is 17.7. The molecule has 4 aromatic rings. The second-order valence-electron chi connectivity index (χ2n) is 7.19. The minimum Gasteiger partial charge on any atom is -0.462 e. The maximum atomic E-state index is 12.8. The van der Waals surface area contributed by atoms with E-state index in [1.54, 1.807) is 43.3 Å². The third-order valence-electron chi connectivity index (χ3n) is 4.81. The summed E-state index contributed by atoms with van der Waals surface area (Å²) in [6.07, 6.45) is 1.19. The molecule has 7 nitrogen and oxygen atoms in total. The molecule has 3 aromatic carbocycles. The van der Waals surface area contributed by atoms with Gasteiger partial charge in [-0.2, -0.15) is 0 Å². The highest BCUT2D eigenvalue weighted by atomic mass is 16.5. The number of benzene rings is 3. The lowest BCUT2D eigenvalue weighted by Gasteiger charge is -2.08. The molecule has 0 aliphatic heterocycles. The molecule has 0 spiro atoms. The van der Waals surface area contributed by atoms with Crippen LogP contribution in [0.4, 0.5) is 0 Å². The monoisotopic (exact) mass is 444 g/mol. The molecule has 0 N–H and O–H groups in total. The Kier molecular flexibility index (Phi) is 6.22. The first-order valence-corrected chi connectivity index (χ1v) is 10.2. The Morgan fingerprint density at radius 1 is 0.848 bits per heavy atom. The topological polar surface area (TPSA) is 92.0 Å². The molecule has 7 heteroatoms. The molecule has 0 saturated carbocycles. The molecule has 0 atom stereocenters. The number of hydrogen-bond acceptors (Lipinski definition) is 7. The number of esters is 2. The smallest absolute Gasteiger partial charge is 0.343 e. The SMILES string of the molecule is CCOC(=O)c1ccc(Oc2coc3cc(OC(=O)c4ccc(C)cc4)ccc3c2=O)cc1. The molecular formula is C26H20O7. The normalized spacial score (nSPS) is 10.6. The maximum absolute atomic E-state index is 12.8. The highest BCUT2D eigenvalue weighted by Crippen LogP contribution is 2.25. The van der Waals surface area contributed by atoms with Gasteiger partial charge in [-0.15, -0.1) is 0 Å². The van der Waals surface area contributed by atoms with Gasteiger partial charge in [0.1, 0.15) is 23.3 Å². The first-order chi connectivity index (χ1) is 15.9. The van der Waals surface area contributed by atoms with Crippen LogP contribution in [0.15, 0.2) is 82.2 Å². The van der Waals surface area contributed by atoms with Gasteiger partial charge in [-0.3, -0.25) is 4.79 Å². The zero-order valence-electron chi connectivity index (χ0n) is 18.0. The molecule has 33 heavy (non-hydrogen) atoms. The van der Waals surface area contributed by atoms with Crippen molar-refractivity contribution in [3.63, 3.8) is 0 Å². The van der Waals surface area contributed by atoms with Crippen LogP contribution >= 0.6 is 0 Å². The van der Waals surface area contributed by atoms with Crippen LogP contribution in [-0.4, -0.2) is 18.5 Å². The Balaban J connectivity index is 1.52. The van der Waals surface area contributed by atoms with E-state index in [9.17, 15) is 14.4 Å². The molecule has 0 radical (unpaired) electrons. The standard InChI is InChI=1S/C26H20O7/c1-3-30-25(28)17-8-10-19(11-9-17)32-23-15-31-22-14-20(12-13-21(22)24(23)27)33-26(29)18-6-4-16(2)5-7-18/h4-15H,3H2,1-2H3. The Morgan fingerprint density at radius 3 is 2.18 bits per heavy atom. The van der Waals surface area contributed by atoms with Crippen molar-refractivity contribution in [2.45, 2.75) is 13.8 Å². The molecule has 0 fully saturated rings. The number of ether oxygens (including phenoxy) is 3. The van der Waals surface area contributed by atoms with Crippen molar-refractivity contribution in [2.75, 3.05) is 6.61 Å². The van der Waals surface area contributed by atoms with E-state index >= 15 is 0 Å². The second-order valence-corrected chi connectivity index (χ2v) is 7.19. The lowest BCUT2D eigenvalue weighted by Crippen LogP contribution is -2.09. The summed E-state index contributed by atoms with van der Waals surface area (Å²) in [5.41, 5.74) is 1.69. The first-order valence-electron chi connectivity index (χ1n) is 10.2. The van der Waals surface area contributed by atoms with Crippen molar-refractivity contribution in [1.29, 1.82) is 0 Å². The molecule has 0 unspecified atom stereocenters. The van der Waals surface area contributed by atoms with Crippen LogP contribution in [-0.2, 0) is 4.74 Å². The van der Waals surface area contributed by atoms with Gasteiger partial charge in [-0.25, -0.2) is 9.59 Å². The zero-order chi connectivity index (χ0) is 23.4. The van der Waals surface area contributed by atoms with Gasteiger partial charge in [0.25, 0.3) is 0 Å². The van der Waals surface area contributed by atoms with Crippen LogP contribution in [0, 0.1) is 6.92 Å². The van der Waals surface area contributed by atoms with E-state index in [1.807, 2.05) is 19.1 Å². The molecule has 0 saturated heterocycles. The molecule has 4 rings (SSSR count). The minimum absolute atomic E-state index is 0.0178. The summed E-state index contributed by atoms with van der Waals surface area (Å²) in [4.78, 5) is 36.9. The van der Waals surface area contributed by atoms with Crippen LogP contribution in [0.3, 0.4) is 0 Å². The Bertz CT molecular complexity index is 1370. The third-order valence-corrected chi connectivity index (χ3v) is 4.81. The average molecular weight is 444 g/mol. The quantitative estimate of drug-likeness (QED) is 0.295. The molecule has 0 aliphatic rings. The van der Waals surface area contributed by atoms with E-state index in [1.165, 1.54) is 24.5 Å². The Morgan fingerprint density at radius 2 is 1.48 bits per heavy atom. The average Bonchev–Trinajstić information content (AvgIpc) is 2.82. The van der Waals surface area contributed by atoms with Gasteiger partial charge >= 0.3 is 11.9 Å². The minimum atomic E-state index is -0.511. The van der Waals surface area contributed by atoms with Gasteiger partial charge in [0.2, 0.25) is 11.2 Å². The molecular weight excluding hydrogens is 424 g/mol. The van der Waals surface area contributed by atoms with Crippen LogP contribution < -0.4 is 14.9 Å². The van der Waals surface area contributed by atoms with Crippen molar-refractivity contribution in [3.05, 3.63) is 99.9 Å². The fourth-order valence-electron chi connectivity index (χ4n) is 3.08. The van der Waals surface area contributed by atoms with E-state index in [0.29, 0.717) is 16.9 Å². The van der Waals surface area contributed by atoms with Crippen LogP contribution in [0.1, 0.15) is 33.2 Å². The lowest BCUT2D eigenvalue weighted by atomic mass is 10.1. The summed E-state index contributed by atoms with van der Waals surface area (Å²) < 4.78 is 21.5. The van der Waals surface area contributed by atoms with E-state index < -0.39 is 11.9 Å². The fraction of sp³-hybridized carbons (Fsp3) is 0.115. The second kappa shape index (κ2) is 9.40. The number of fused-ring (bicyclic) bond motifs is 1. The number of carbonyl (C=O) groups excluding carboxylic acids is 2. The maximum Gasteiger partial charge on any atom is 0.343 e. The number of carbonyl (C=O) groups is 2. The van der Waals surface area contributed by atoms with Crippen molar-refractivity contribution in [2.24, 2.45) is 0 Å². The molecule has 1 aromatic heterocycles. The van der Waals surface area contributed by atoms with Gasteiger partial charge in [-0.05, 0) is 62.4 Å². The zero-order valence-corrected chi connectivity index (χ0v) is 18.0. The van der Waals surface area contributed by atoms with Crippen LogP contribution in [0.25, 0.3) is 11.0 Å². The molecule has 0 amide bonds. The summed E-state index contributed by atoms with van der Waals surface area (Å²) in [5.74, 6) is -0.357. The summed E-state index contributed by atoms with van der Waals surface area (Å²) in [6.45, 7) is 3.93. The van der Waals surface area contributed by atoms with E-state index in [4.69, 9.17) is 18.6 Å². The lowest BCUT2D eigenvalue weighted by molar-refractivity contribution is 0.0526. The van der Waals surface area contributed by atoms with Crippen molar-refractivity contribution in [3.8, 4) is 17.2 Å². The van der Waals surface area contributed by atoms with Gasteiger partial charge in [0, 0.05) is 6.07 Å². The summed E-state index contributed by atoms with van der Waals surface area (Å²) in [7, 11) is 0.